The number of carbonyl (C=O) groups is 2. The van der Waals surface area contributed by atoms with E-state index in [1.54, 1.807) is 0 Å². The molecule has 0 aliphatic carbocycles. The summed E-state index contributed by atoms with van der Waals surface area (Å²) in [5, 5.41) is 40.6. The number of halogens is 2. The number of nitrogens with zero attached hydrogens (tertiary/aromatic N) is 8. The molecule has 2 aliphatic rings. The lowest BCUT2D eigenvalue weighted by Gasteiger charge is -2.30. The minimum Gasteiger partial charge on any atom is -0.459 e. The Labute approximate surface area is 291 Å². The van der Waals surface area contributed by atoms with Gasteiger partial charge in [-0.1, -0.05) is 25.7 Å². The van der Waals surface area contributed by atoms with Crippen molar-refractivity contribution in [3.8, 4) is 24.7 Å². The number of hydrogen-bond acceptors (Lipinski definition) is 18. The van der Waals surface area contributed by atoms with E-state index in [0.29, 0.717) is 0 Å². The average Bonchev–Trinajstić information content (AvgIpc) is 3.88. The first-order valence-corrected chi connectivity index (χ1v) is 15.2. The molecule has 4 aromatic heterocycles. The zero-order valence-electron chi connectivity index (χ0n) is 27.3. The van der Waals surface area contributed by atoms with Crippen LogP contribution < -0.4 is 11.5 Å². The highest BCUT2D eigenvalue weighted by Gasteiger charge is 2.68. The van der Waals surface area contributed by atoms with Gasteiger partial charge in [0.05, 0.1) is 12.7 Å². The predicted octanol–water partition coefficient (Wildman–Crippen LogP) is -1.44. The number of aromatic nitrogens is 8. The number of aliphatic hydroxyl groups is 4. The van der Waals surface area contributed by atoms with Crippen LogP contribution in [0.4, 0.5) is 20.4 Å². The van der Waals surface area contributed by atoms with E-state index in [2.05, 4.69) is 29.9 Å². The van der Waals surface area contributed by atoms with Crippen LogP contribution in [0.25, 0.3) is 22.3 Å². The molecule has 2 aliphatic heterocycles. The van der Waals surface area contributed by atoms with Crippen molar-refractivity contribution in [3.63, 3.8) is 0 Å². The van der Waals surface area contributed by atoms with Crippen LogP contribution in [0.15, 0.2) is 25.3 Å². The molecule has 2 fully saturated rings. The molecule has 0 radical (unpaired) electrons. The molecule has 6 heterocycles. The normalized spacial score (nSPS) is 31.0. The molecule has 0 unspecified atom stereocenters. The molecule has 52 heavy (non-hydrogen) atoms. The van der Waals surface area contributed by atoms with Crippen molar-refractivity contribution in [1.29, 1.82) is 0 Å². The standard InChI is InChI=1S/C18H20FN5O6.C12H12FN5O4/c1-4-10(25)28-7-18(19)15(29-11(26)5-2)17(27,6-3)16(30-18)24-9-23-12-13(20)21-8-22-14(12)24;1-2-11(21)9(20)12(13,3-19)22-10(11)18-5-17-6-7(14)15-4-16-8(6)18/h3,8-9,15-16,27H,4-5,7H2,1-2H3,(H2,20,21,22);1,4-5,9-10,19-21H,3H2,(H2,14,15,16)/t15-,16+,17+,18+;9-,10+,11+,12+/m00/s1. The number of alkyl halides is 2. The molecule has 8 N–H and O–H groups in total. The average molecular weight is 731 g/mol. The number of hydrogen-bond donors (Lipinski definition) is 6. The van der Waals surface area contributed by atoms with Gasteiger partial charge in [-0.2, -0.15) is 0 Å². The topological polar surface area (TPSA) is 291 Å². The Balaban J connectivity index is 0.000000210. The van der Waals surface area contributed by atoms with Crippen molar-refractivity contribution in [2.24, 2.45) is 0 Å². The van der Waals surface area contributed by atoms with Crippen molar-refractivity contribution in [2.75, 3.05) is 24.7 Å². The minimum absolute atomic E-state index is 0.0271. The first-order chi connectivity index (χ1) is 24.6. The lowest BCUT2D eigenvalue weighted by atomic mass is 9.93. The molecule has 20 nitrogen and oxygen atoms in total. The van der Waals surface area contributed by atoms with E-state index in [9.17, 15) is 29.3 Å². The van der Waals surface area contributed by atoms with Gasteiger partial charge in [0.15, 0.2) is 48.1 Å². The van der Waals surface area contributed by atoms with E-state index in [4.69, 9.17) is 48.4 Å². The Kier molecular flexibility index (Phi) is 10.0. The second-order valence-corrected chi connectivity index (χ2v) is 11.4. The summed E-state index contributed by atoms with van der Waals surface area (Å²) >= 11 is 0. The smallest absolute Gasteiger partial charge is 0.306 e. The summed E-state index contributed by atoms with van der Waals surface area (Å²) in [4.78, 5) is 46.9. The van der Waals surface area contributed by atoms with Crippen LogP contribution in [0.3, 0.4) is 0 Å². The van der Waals surface area contributed by atoms with Gasteiger partial charge in [0.1, 0.15) is 30.3 Å². The minimum atomic E-state index is -2.95. The van der Waals surface area contributed by atoms with Crippen LogP contribution in [0.2, 0.25) is 0 Å². The fourth-order valence-corrected chi connectivity index (χ4v) is 5.42. The van der Waals surface area contributed by atoms with Gasteiger partial charge in [-0.15, -0.1) is 12.8 Å². The van der Waals surface area contributed by atoms with Crippen molar-refractivity contribution >= 4 is 45.9 Å². The number of aliphatic hydroxyl groups excluding tert-OH is 2. The third-order valence-corrected chi connectivity index (χ3v) is 8.20. The van der Waals surface area contributed by atoms with Gasteiger partial charge in [0.2, 0.25) is 17.3 Å². The number of esters is 2. The van der Waals surface area contributed by atoms with Gasteiger partial charge in [-0.3, -0.25) is 18.7 Å². The van der Waals surface area contributed by atoms with Crippen molar-refractivity contribution in [1.82, 2.24) is 39.0 Å². The first-order valence-electron chi connectivity index (χ1n) is 15.2. The van der Waals surface area contributed by atoms with Gasteiger partial charge < -0.3 is 50.8 Å². The molecule has 276 valence electrons. The Morgan fingerprint density at radius 1 is 0.865 bits per heavy atom. The maximum atomic E-state index is 15.9. The molecular weight excluding hydrogens is 698 g/mol. The van der Waals surface area contributed by atoms with Crippen molar-refractivity contribution in [2.45, 2.75) is 74.3 Å². The molecule has 0 bridgehead atoms. The largest absolute Gasteiger partial charge is 0.459 e. The second-order valence-electron chi connectivity index (χ2n) is 11.4. The lowest BCUT2D eigenvalue weighted by molar-refractivity contribution is -0.223. The van der Waals surface area contributed by atoms with Crippen LogP contribution in [0.1, 0.15) is 39.1 Å². The van der Waals surface area contributed by atoms with Gasteiger partial charge in [0, 0.05) is 12.8 Å². The fraction of sp³-hybridized carbons (Fsp3) is 0.467. The number of rotatable bonds is 8. The van der Waals surface area contributed by atoms with Crippen molar-refractivity contribution in [3.05, 3.63) is 25.3 Å². The quantitative estimate of drug-likeness (QED) is 0.0894. The number of fused-ring (bicyclic) bond motifs is 2. The highest BCUT2D eigenvalue weighted by molar-refractivity contribution is 5.82. The molecule has 2 saturated heterocycles. The van der Waals surface area contributed by atoms with E-state index in [1.807, 2.05) is 11.8 Å². The molecule has 8 atom stereocenters. The third-order valence-electron chi connectivity index (χ3n) is 8.20. The molecule has 6 rings (SSSR count). The number of nitrogens with two attached hydrogens (primary N) is 2. The molecule has 0 amide bonds. The number of carbonyl (C=O) groups excluding carboxylic acids is 2. The van der Waals surface area contributed by atoms with Crippen LogP contribution in [0.5, 0.6) is 0 Å². The highest BCUT2D eigenvalue weighted by Crippen LogP contribution is 2.48. The lowest BCUT2D eigenvalue weighted by Crippen LogP contribution is -2.53. The Morgan fingerprint density at radius 2 is 1.35 bits per heavy atom. The SMILES string of the molecule is C#C[C@]1(O)[C@H](n2cnc3c(N)ncnc32)O[C@](F)(CO)[C@H]1O.C#C[C@]1(O)[C@H](n2cnc3c(N)ncnc32)O[C@](F)(COC(=O)CC)[C@H]1OC(=O)CC. The van der Waals surface area contributed by atoms with E-state index in [-0.39, 0.29) is 46.8 Å². The molecule has 0 aromatic carbocycles. The van der Waals surface area contributed by atoms with E-state index < -0.39 is 72.7 Å². The molecule has 0 saturated carbocycles. The zero-order chi connectivity index (χ0) is 38.2. The Morgan fingerprint density at radius 3 is 1.81 bits per heavy atom. The first kappa shape index (κ1) is 37.6. The summed E-state index contributed by atoms with van der Waals surface area (Å²) in [5.41, 5.74) is 7.04. The Bertz CT molecular complexity index is 2090. The second kappa shape index (κ2) is 13.8. The van der Waals surface area contributed by atoms with E-state index in [0.717, 1.165) is 21.8 Å². The van der Waals surface area contributed by atoms with Crippen LogP contribution >= 0.6 is 0 Å². The van der Waals surface area contributed by atoms with Gasteiger partial charge in [0.25, 0.3) is 11.7 Å². The molecule has 4 aromatic rings. The summed E-state index contributed by atoms with van der Waals surface area (Å²) in [5.74, 6) is -3.39. The number of ether oxygens (including phenoxy) is 4. The Hall–Kier alpha value is -5.62. The molecular formula is C30H32F2N10O10. The highest BCUT2D eigenvalue weighted by atomic mass is 19.2. The van der Waals surface area contributed by atoms with E-state index in [1.165, 1.54) is 26.5 Å². The van der Waals surface area contributed by atoms with Crippen LogP contribution in [-0.2, 0) is 28.5 Å². The molecule has 22 heteroatoms. The monoisotopic (exact) mass is 730 g/mol. The van der Waals surface area contributed by atoms with Gasteiger partial charge in [-0.25, -0.2) is 38.7 Å². The summed E-state index contributed by atoms with van der Waals surface area (Å²) in [7, 11) is 0. The fourth-order valence-electron chi connectivity index (χ4n) is 5.42. The number of nitrogen functional groups attached to an aromatic ring is 2. The predicted molar refractivity (Wildman–Crippen MR) is 169 cm³/mol. The maximum absolute atomic E-state index is 15.9. The summed E-state index contributed by atoms with van der Waals surface area (Å²) < 4.78 is 52.8. The van der Waals surface area contributed by atoms with Gasteiger partial charge in [-0.05, 0) is 0 Å². The third kappa shape index (κ3) is 6.06. The zero-order valence-corrected chi connectivity index (χ0v) is 27.3. The number of anilines is 2. The van der Waals surface area contributed by atoms with Gasteiger partial charge >= 0.3 is 11.9 Å². The number of terminal acetylenes is 2. The van der Waals surface area contributed by atoms with Crippen LogP contribution in [-0.4, -0.2) is 120 Å². The molecule has 0 spiro atoms. The van der Waals surface area contributed by atoms with Crippen LogP contribution in [0, 0.1) is 24.7 Å². The summed E-state index contributed by atoms with van der Waals surface area (Å²) in [6.07, 6.45) is 7.83. The van der Waals surface area contributed by atoms with Crippen molar-refractivity contribution < 1.29 is 57.7 Å². The summed E-state index contributed by atoms with van der Waals surface area (Å²) in [6.45, 7) is 0.828. The summed E-state index contributed by atoms with van der Waals surface area (Å²) in [6, 6.07) is 0. The number of imidazole rings is 2. The maximum Gasteiger partial charge on any atom is 0.306 e. The van der Waals surface area contributed by atoms with E-state index >= 15 is 4.39 Å².